The predicted molar refractivity (Wildman–Crippen MR) is 132 cm³/mol. The Balaban J connectivity index is 1.15. The minimum absolute atomic E-state index is 0.0934. The number of thioether (sulfide) groups is 2. The number of carbonyl (C=O) groups excluding carboxylic acids is 2. The number of aromatic nitrogens is 2. The fraction of sp³-hybridized carbons (Fsp3) is 0.200. The summed E-state index contributed by atoms with van der Waals surface area (Å²) in [4.78, 5) is 35.5. The van der Waals surface area contributed by atoms with Crippen LogP contribution in [-0.4, -0.2) is 43.4 Å². The standard InChI is InChI=1S/C20H19N5O2S4/c26-17(24-21-12-30-19-22-14-6-1-2-7-15(14)23-19)8-3-9-25-18(27)16(31-20(25)28)11-13-5-4-10-29-13/h1-2,4-7,10-11,21H,3,8-9,12H2,(H,22,23)(H,24,26)/b16-11+. The SMILES string of the molecule is O=C(CCCN1C(=O)/C(=C\c2cccs2)SC1=S)NNCSc1nc2ccccc2[nH]1. The van der Waals surface area contributed by atoms with Crippen LogP contribution in [0, 0.1) is 0 Å². The van der Waals surface area contributed by atoms with Gasteiger partial charge in [0.15, 0.2) is 5.16 Å². The molecule has 0 radical (unpaired) electrons. The van der Waals surface area contributed by atoms with Crippen LogP contribution in [0.2, 0.25) is 0 Å². The van der Waals surface area contributed by atoms with Gasteiger partial charge in [-0.05, 0) is 36.1 Å². The van der Waals surface area contributed by atoms with E-state index < -0.39 is 0 Å². The van der Waals surface area contributed by atoms with E-state index in [9.17, 15) is 9.59 Å². The molecule has 11 heteroatoms. The van der Waals surface area contributed by atoms with Crippen molar-refractivity contribution in [2.24, 2.45) is 0 Å². The molecule has 0 atom stereocenters. The van der Waals surface area contributed by atoms with Gasteiger partial charge in [0.05, 0.1) is 21.8 Å². The van der Waals surface area contributed by atoms with Crippen molar-refractivity contribution in [3.05, 3.63) is 51.6 Å². The van der Waals surface area contributed by atoms with Crippen molar-refractivity contribution in [3.8, 4) is 0 Å². The van der Waals surface area contributed by atoms with Crippen molar-refractivity contribution in [2.45, 2.75) is 18.0 Å². The average molecular weight is 490 g/mol. The number of hydrazine groups is 1. The van der Waals surface area contributed by atoms with E-state index in [0.29, 0.717) is 34.5 Å². The average Bonchev–Trinajstić information content (AvgIpc) is 3.47. The molecule has 0 aliphatic carbocycles. The van der Waals surface area contributed by atoms with Crippen LogP contribution in [0.3, 0.4) is 0 Å². The van der Waals surface area contributed by atoms with Crippen molar-refractivity contribution >= 4 is 80.3 Å². The molecule has 3 heterocycles. The highest BCUT2D eigenvalue weighted by atomic mass is 32.2. The molecule has 0 saturated carbocycles. The number of carbonyl (C=O) groups is 2. The summed E-state index contributed by atoms with van der Waals surface area (Å²) in [6.45, 7) is 0.424. The van der Waals surface area contributed by atoms with Crippen molar-refractivity contribution in [1.82, 2.24) is 25.7 Å². The topological polar surface area (TPSA) is 90.1 Å². The Labute approximate surface area is 197 Å². The van der Waals surface area contributed by atoms with Crippen molar-refractivity contribution in [3.63, 3.8) is 0 Å². The smallest absolute Gasteiger partial charge is 0.266 e. The molecule has 1 aliphatic heterocycles. The second-order valence-corrected chi connectivity index (χ2v) is 10.1. The highest BCUT2D eigenvalue weighted by Gasteiger charge is 2.31. The lowest BCUT2D eigenvalue weighted by Crippen LogP contribution is -2.37. The van der Waals surface area contributed by atoms with E-state index >= 15 is 0 Å². The first-order chi connectivity index (χ1) is 15.1. The Hall–Kier alpha value is -2.18. The van der Waals surface area contributed by atoms with E-state index in [-0.39, 0.29) is 11.8 Å². The van der Waals surface area contributed by atoms with Crippen LogP contribution in [0.25, 0.3) is 17.1 Å². The second-order valence-electron chi connectivity index (χ2n) is 6.53. The van der Waals surface area contributed by atoms with Crippen LogP contribution < -0.4 is 10.9 Å². The third kappa shape index (κ3) is 5.74. The molecular formula is C20H19N5O2S4. The fourth-order valence-electron chi connectivity index (χ4n) is 2.89. The summed E-state index contributed by atoms with van der Waals surface area (Å²) in [5, 5.41) is 2.75. The number of nitrogens with one attached hydrogen (secondary N) is 3. The zero-order valence-electron chi connectivity index (χ0n) is 16.3. The second kappa shape index (κ2) is 10.4. The molecule has 4 rings (SSSR count). The molecule has 160 valence electrons. The highest BCUT2D eigenvalue weighted by Crippen LogP contribution is 2.33. The number of nitrogens with zero attached hydrogens (tertiary/aromatic N) is 2. The lowest BCUT2D eigenvalue weighted by molar-refractivity contribution is -0.124. The van der Waals surface area contributed by atoms with Crippen LogP contribution in [0.15, 0.2) is 51.8 Å². The number of thiocarbonyl (C=S) groups is 1. The Morgan fingerprint density at radius 1 is 1.29 bits per heavy atom. The van der Waals surface area contributed by atoms with Crippen molar-refractivity contribution in [2.75, 3.05) is 12.4 Å². The largest absolute Gasteiger partial charge is 0.333 e. The maximum absolute atomic E-state index is 12.6. The Kier molecular flexibility index (Phi) is 7.41. The molecule has 31 heavy (non-hydrogen) atoms. The number of H-pyrrole nitrogens is 1. The summed E-state index contributed by atoms with van der Waals surface area (Å²) in [7, 11) is 0. The molecular weight excluding hydrogens is 471 g/mol. The summed E-state index contributed by atoms with van der Waals surface area (Å²) >= 11 is 9.67. The predicted octanol–water partition coefficient (Wildman–Crippen LogP) is 3.98. The monoisotopic (exact) mass is 489 g/mol. The van der Waals surface area contributed by atoms with Gasteiger partial charge in [0.2, 0.25) is 5.91 Å². The van der Waals surface area contributed by atoms with Gasteiger partial charge in [0.1, 0.15) is 4.32 Å². The van der Waals surface area contributed by atoms with Crippen LogP contribution in [0.1, 0.15) is 17.7 Å². The molecule has 0 spiro atoms. The van der Waals surface area contributed by atoms with Crippen LogP contribution in [0.4, 0.5) is 0 Å². The molecule has 0 unspecified atom stereocenters. The first-order valence-electron chi connectivity index (χ1n) is 9.48. The number of benzene rings is 1. The number of hydrogen-bond acceptors (Lipinski definition) is 8. The third-order valence-corrected chi connectivity index (χ3v) is 7.30. The minimum atomic E-state index is -0.134. The number of aromatic amines is 1. The van der Waals surface area contributed by atoms with Crippen molar-refractivity contribution < 1.29 is 9.59 Å². The van der Waals surface area contributed by atoms with Crippen LogP contribution in [0.5, 0.6) is 0 Å². The maximum Gasteiger partial charge on any atom is 0.266 e. The highest BCUT2D eigenvalue weighted by molar-refractivity contribution is 8.26. The Bertz CT molecular complexity index is 1090. The van der Waals surface area contributed by atoms with Gasteiger partial charge in [-0.3, -0.25) is 19.9 Å². The molecule has 1 fully saturated rings. The molecule has 2 aromatic heterocycles. The lowest BCUT2D eigenvalue weighted by Gasteiger charge is -2.14. The number of thiophene rings is 1. The van der Waals surface area contributed by atoms with Gasteiger partial charge >= 0.3 is 0 Å². The molecule has 2 amide bonds. The minimum Gasteiger partial charge on any atom is -0.333 e. The summed E-state index contributed by atoms with van der Waals surface area (Å²) in [6.07, 6.45) is 2.69. The quantitative estimate of drug-likeness (QED) is 0.105. The first kappa shape index (κ1) is 22.0. The van der Waals surface area contributed by atoms with Crippen LogP contribution in [-0.2, 0) is 9.59 Å². The number of hydrogen-bond donors (Lipinski definition) is 3. The van der Waals surface area contributed by atoms with Gasteiger partial charge in [-0.1, -0.05) is 53.9 Å². The molecule has 1 saturated heterocycles. The van der Waals surface area contributed by atoms with E-state index in [4.69, 9.17) is 12.2 Å². The van der Waals surface area contributed by atoms with Gasteiger partial charge in [-0.15, -0.1) is 11.3 Å². The summed E-state index contributed by atoms with van der Waals surface area (Å²) < 4.78 is 0.536. The van der Waals surface area contributed by atoms with E-state index in [1.54, 1.807) is 16.2 Å². The van der Waals surface area contributed by atoms with E-state index in [2.05, 4.69) is 20.8 Å². The van der Waals surface area contributed by atoms with E-state index in [0.717, 1.165) is 21.1 Å². The van der Waals surface area contributed by atoms with E-state index in [1.807, 2.05) is 47.9 Å². The lowest BCUT2D eigenvalue weighted by atomic mass is 10.3. The third-order valence-electron chi connectivity index (χ3n) is 4.35. The summed E-state index contributed by atoms with van der Waals surface area (Å²) in [5.41, 5.74) is 7.45. The number of imidazole rings is 1. The van der Waals surface area contributed by atoms with Gasteiger partial charge in [-0.2, -0.15) is 0 Å². The fourth-order valence-corrected chi connectivity index (χ4v) is 5.55. The Morgan fingerprint density at radius 3 is 2.97 bits per heavy atom. The number of para-hydroxylation sites is 2. The van der Waals surface area contributed by atoms with E-state index in [1.165, 1.54) is 23.5 Å². The first-order valence-corrected chi connectivity index (χ1v) is 12.6. The number of rotatable bonds is 9. The normalized spacial score (nSPS) is 15.4. The number of fused-ring (bicyclic) bond motifs is 1. The molecule has 7 nitrogen and oxygen atoms in total. The summed E-state index contributed by atoms with van der Waals surface area (Å²) in [5.74, 6) is 0.252. The van der Waals surface area contributed by atoms with Gasteiger partial charge in [-0.25, -0.2) is 10.4 Å². The van der Waals surface area contributed by atoms with Gasteiger partial charge < -0.3 is 4.98 Å². The molecule has 1 aromatic carbocycles. The van der Waals surface area contributed by atoms with Gasteiger partial charge in [0.25, 0.3) is 5.91 Å². The zero-order valence-corrected chi connectivity index (χ0v) is 19.6. The molecule has 3 N–H and O–H groups in total. The maximum atomic E-state index is 12.6. The number of amides is 2. The Morgan fingerprint density at radius 2 is 2.16 bits per heavy atom. The molecule has 3 aromatic rings. The van der Waals surface area contributed by atoms with Gasteiger partial charge in [0, 0.05) is 17.8 Å². The van der Waals surface area contributed by atoms with Crippen molar-refractivity contribution in [1.29, 1.82) is 0 Å². The molecule has 0 bridgehead atoms. The summed E-state index contributed by atoms with van der Waals surface area (Å²) in [6, 6.07) is 11.7. The van der Waals surface area contributed by atoms with Crippen LogP contribution >= 0.6 is 47.1 Å². The molecule has 1 aliphatic rings. The zero-order chi connectivity index (χ0) is 21.6.